The molecule has 1 aromatic heterocycles. The molecule has 104 valence electrons. The lowest BCUT2D eigenvalue weighted by atomic mass is 9.99. The van der Waals surface area contributed by atoms with Crippen molar-refractivity contribution < 1.29 is 22.7 Å². The van der Waals surface area contributed by atoms with Gasteiger partial charge in [0.15, 0.2) is 5.78 Å². The SMILES string of the molecule is Cc1cccc(OC(F)(F)F)c1C(=O)c1ccncc1. The van der Waals surface area contributed by atoms with Crippen molar-refractivity contribution in [3.8, 4) is 5.75 Å². The Kier molecular flexibility index (Phi) is 3.74. The summed E-state index contributed by atoms with van der Waals surface area (Å²) in [7, 11) is 0. The molecule has 0 saturated carbocycles. The molecule has 0 unspecified atom stereocenters. The van der Waals surface area contributed by atoms with Gasteiger partial charge in [0.25, 0.3) is 0 Å². The van der Waals surface area contributed by atoms with Gasteiger partial charge < -0.3 is 4.74 Å². The number of rotatable bonds is 3. The Labute approximate surface area is 113 Å². The molecule has 0 N–H and O–H groups in total. The van der Waals surface area contributed by atoms with Crippen LogP contribution in [0.4, 0.5) is 13.2 Å². The largest absolute Gasteiger partial charge is 0.573 e. The van der Waals surface area contributed by atoms with Gasteiger partial charge in [-0.3, -0.25) is 9.78 Å². The van der Waals surface area contributed by atoms with Crippen LogP contribution in [0.5, 0.6) is 5.75 Å². The highest BCUT2D eigenvalue weighted by Crippen LogP contribution is 2.30. The Hall–Kier alpha value is -2.37. The molecule has 20 heavy (non-hydrogen) atoms. The summed E-state index contributed by atoms with van der Waals surface area (Å²) in [5.41, 5.74) is 0.561. The van der Waals surface area contributed by atoms with E-state index in [0.717, 1.165) is 6.07 Å². The molecule has 0 fully saturated rings. The van der Waals surface area contributed by atoms with Crippen LogP contribution in [-0.4, -0.2) is 17.1 Å². The van der Waals surface area contributed by atoms with Crippen LogP contribution in [0.1, 0.15) is 21.5 Å². The van der Waals surface area contributed by atoms with Crippen molar-refractivity contribution in [3.63, 3.8) is 0 Å². The Morgan fingerprint density at radius 3 is 2.40 bits per heavy atom. The van der Waals surface area contributed by atoms with Gasteiger partial charge in [-0.1, -0.05) is 12.1 Å². The van der Waals surface area contributed by atoms with Gasteiger partial charge in [-0.2, -0.15) is 0 Å². The number of aryl methyl sites for hydroxylation is 1. The smallest absolute Gasteiger partial charge is 0.405 e. The summed E-state index contributed by atoms with van der Waals surface area (Å²) in [6.07, 6.45) is -2.05. The average Bonchev–Trinajstić information content (AvgIpc) is 2.37. The molecule has 0 atom stereocenters. The minimum Gasteiger partial charge on any atom is -0.405 e. The average molecular weight is 281 g/mol. The van der Waals surface area contributed by atoms with Crippen molar-refractivity contribution in [1.82, 2.24) is 4.98 Å². The fourth-order valence-electron chi connectivity index (χ4n) is 1.79. The quantitative estimate of drug-likeness (QED) is 0.808. The van der Waals surface area contributed by atoms with Crippen molar-refractivity contribution in [2.75, 3.05) is 0 Å². The van der Waals surface area contributed by atoms with Crippen molar-refractivity contribution in [2.24, 2.45) is 0 Å². The molecule has 0 amide bonds. The normalized spacial score (nSPS) is 11.2. The number of ketones is 1. The summed E-state index contributed by atoms with van der Waals surface area (Å²) in [6, 6.07) is 6.95. The molecule has 0 aliphatic carbocycles. The van der Waals surface area contributed by atoms with E-state index in [1.807, 2.05) is 0 Å². The van der Waals surface area contributed by atoms with Crippen LogP contribution in [0.15, 0.2) is 42.7 Å². The molecule has 2 rings (SSSR count). The fourth-order valence-corrected chi connectivity index (χ4v) is 1.79. The van der Waals surface area contributed by atoms with Crippen molar-refractivity contribution >= 4 is 5.78 Å². The maximum absolute atomic E-state index is 12.4. The lowest BCUT2D eigenvalue weighted by Crippen LogP contribution is -2.19. The molecule has 1 aromatic carbocycles. The molecule has 0 aliphatic heterocycles. The van der Waals surface area contributed by atoms with Crippen LogP contribution in [0, 0.1) is 6.92 Å². The zero-order valence-electron chi connectivity index (χ0n) is 10.4. The second kappa shape index (κ2) is 5.32. The summed E-state index contributed by atoms with van der Waals surface area (Å²) in [5, 5.41) is 0. The maximum Gasteiger partial charge on any atom is 0.573 e. The number of carbonyl (C=O) groups is 1. The standard InChI is InChI=1S/C14H10F3NO2/c1-9-3-2-4-11(20-14(15,16)17)12(9)13(19)10-5-7-18-8-6-10/h2-8H,1H3. The van der Waals surface area contributed by atoms with Crippen LogP contribution in [-0.2, 0) is 0 Å². The van der Waals surface area contributed by atoms with Gasteiger partial charge in [-0.25, -0.2) is 0 Å². The highest BCUT2D eigenvalue weighted by atomic mass is 19.4. The first kappa shape index (κ1) is 14.0. The number of hydrogen-bond acceptors (Lipinski definition) is 3. The first-order valence-electron chi connectivity index (χ1n) is 5.68. The maximum atomic E-state index is 12.4. The van der Waals surface area contributed by atoms with E-state index in [4.69, 9.17) is 0 Å². The molecule has 0 aliphatic rings. The van der Waals surface area contributed by atoms with Gasteiger partial charge in [-0.05, 0) is 30.7 Å². The van der Waals surface area contributed by atoms with Crippen molar-refractivity contribution in [3.05, 3.63) is 59.4 Å². The second-order valence-corrected chi connectivity index (χ2v) is 4.06. The Bertz CT molecular complexity index is 624. The van der Waals surface area contributed by atoms with Crippen LogP contribution in [0.3, 0.4) is 0 Å². The zero-order valence-corrected chi connectivity index (χ0v) is 10.4. The number of alkyl halides is 3. The van der Waals surface area contributed by atoms with E-state index in [1.165, 1.54) is 30.6 Å². The van der Waals surface area contributed by atoms with Crippen molar-refractivity contribution in [1.29, 1.82) is 0 Å². The summed E-state index contributed by atoms with van der Waals surface area (Å²) >= 11 is 0. The number of ether oxygens (including phenoxy) is 1. The minimum absolute atomic E-state index is 0.101. The molecule has 2 aromatic rings. The predicted octanol–water partition coefficient (Wildman–Crippen LogP) is 3.52. The third kappa shape index (κ3) is 3.14. The van der Waals surface area contributed by atoms with E-state index in [9.17, 15) is 18.0 Å². The summed E-state index contributed by atoms with van der Waals surface area (Å²) in [6.45, 7) is 1.55. The van der Waals surface area contributed by atoms with Gasteiger partial charge in [0, 0.05) is 18.0 Å². The number of pyridine rings is 1. The third-order valence-corrected chi connectivity index (χ3v) is 2.63. The molecule has 0 radical (unpaired) electrons. The summed E-state index contributed by atoms with van der Waals surface area (Å²) in [5.74, 6) is -1.04. The van der Waals surface area contributed by atoms with Gasteiger partial charge >= 0.3 is 6.36 Å². The number of hydrogen-bond donors (Lipinski definition) is 0. The van der Waals surface area contributed by atoms with Crippen LogP contribution in [0.2, 0.25) is 0 Å². The number of aromatic nitrogens is 1. The van der Waals surface area contributed by atoms with Gasteiger partial charge in [0.05, 0.1) is 5.56 Å². The molecule has 1 heterocycles. The summed E-state index contributed by atoms with van der Waals surface area (Å²) in [4.78, 5) is 16.1. The van der Waals surface area contributed by atoms with E-state index in [-0.39, 0.29) is 11.1 Å². The lowest BCUT2D eigenvalue weighted by molar-refractivity contribution is -0.274. The van der Waals surface area contributed by atoms with E-state index >= 15 is 0 Å². The van der Waals surface area contributed by atoms with E-state index in [0.29, 0.717) is 5.56 Å². The van der Waals surface area contributed by atoms with Crippen LogP contribution >= 0.6 is 0 Å². The molecular formula is C14H10F3NO2. The van der Waals surface area contributed by atoms with E-state index in [2.05, 4.69) is 9.72 Å². The highest BCUT2D eigenvalue weighted by molar-refractivity contribution is 6.11. The van der Waals surface area contributed by atoms with Gasteiger partial charge in [0.2, 0.25) is 0 Å². The molecule has 3 nitrogen and oxygen atoms in total. The summed E-state index contributed by atoms with van der Waals surface area (Å²) < 4.78 is 41.0. The molecule has 0 bridgehead atoms. The Morgan fingerprint density at radius 2 is 1.80 bits per heavy atom. The highest BCUT2D eigenvalue weighted by Gasteiger charge is 2.33. The van der Waals surface area contributed by atoms with Gasteiger partial charge in [0.1, 0.15) is 5.75 Å². The molecule has 6 heteroatoms. The number of nitrogens with zero attached hydrogens (tertiary/aromatic N) is 1. The van der Waals surface area contributed by atoms with E-state index in [1.54, 1.807) is 13.0 Å². The first-order valence-corrected chi connectivity index (χ1v) is 5.68. The van der Waals surface area contributed by atoms with Crippen LogP contribution in [0.25, 0.3) is 0 Å². The minimum atomic E-state index is -4.85. The molecule has 0 spiro atoms. The van der Waals surface area contributed by atoms with Crippen molar-refractivity contribution in [2.45, 2.75) is 13.3 Å². The zero-order chi connectivity index (χ0) is 14.8. The lowest BCUT2D eigenvalue weighted by Gasteiger charge is -2.14. The number of carbonyl (C=O) groups excluding carboxylic acids is 1. The predicted molar refractivity (Wildman–Crippen MR) is 65.5 cm³/mol. The Balaban J connectivity index is 2.48. The fraction of sp³-hybridized carbons (Fsp3) is 0.143. The molecular weight excluding hydrogens is 271 g/mol. The number of halogens is 3. The van der Waals surface area contributed by atoms with Crippen LogP contribution < -0.4 is 4.74 Å². The number of benzene rings is 1. The monoisotopic (exact) mass is 281 g/mol. The van der Waals surface area contributed by atoms with Gasteiger partial charge in [-0.15, -0.1) is 13.2 Å². The first-order chi connectivity index (χ1) is 9.38. The van der Waals surface area contributed by atoms with E-state index < -0.39 is 17.9 Å². The molecule has 0 saturated heterocycles. The Morgan fingerprint density at radius 1 is 1.15 bits per heavy atom. The third-order valence-electron chi connectivity index (χ3n) is 2.63. The topological polar surface area (TPSA) is 39.2 Å². The second-order valence-electron chi connectivity index (χ2n) is 4.06.